The van der Waals surface area contributed by atoms with E-state index < -0.39 is 0 Å². The van der Waals surface area contributed by atoms with E-state index in [0.29, 0.717) is 27.8 Å². The number of hydrazine groups is 1. The maximum absolute atomic E-state index is 12.0. The summed E-state index contributed by atoms with van der Waals surface area (Å²) < 4.78 is 0. The summed E-state index contributed by atoms with van der Waals surface area (Å²) in [5.74, 6) is 0. The fraction of sp³-hybridized carbons (Fsp3) is 0.500. The number of piperidine rings is 1. The summed E-state index contributed by atoms with van der Waals surface area (Å²) >= 11 is 11.8. The minimum Gasteiger partial charge on any atom is -0.307 e. The molecule has 1 saturated heterocycles. The zero-order valence-electron chi connectivity index (χ0n) is 11.6. The van der Waals surface area contributed by atoms with Crippen LogP contribution in [0.2, 0.25) is 10.0 Å². The maximum Gasteiger partial charge on any atom is 0.333 e. The summed E-state index contributed by atoms with van der Waals surface area (Å²) in [4.78, 5) is 12.0. The van der Waals surface area contributed by atoms with E-state index in [1.807, 2.05) is 5.01 Å². The number of nitrogens with one attached hydrogen (secondary N) is 2. The Morgan fingerprint density at radius 1 is 1.20 bits per heavy atom. The molecule has 4 nitrogen and oxygen atoms in total. The van der Waals surface area contributed by atoms with Crippen LogP contribution in [0.1, 0.15) is 33.1 Å². The number of carbonyl (C=O) groups is 1. The second-order valence-corrected chi connectivity index (χ2v) is 6.05. The Morgan fingerprint density at radius 2 is 1.85 bits per heavy atom. The summed E-state index contributed by atoms with van der Waals surface area (Å²) in [5, 5.41) is 5.66. The first-order valence-corrected chi connectivity index (χ1v) is 7.54. The number of rotatable bonds is 2. The van der Waals surface area contributed by atoms with Crippen LogP contribution < -0.4 is 10.7 Å². The van der Waals surface area contributed by atoms with Gasteiger partial charge in [-0.2, -0.15) is 0 Å². The second kappa shape index (κ2) is 6.66. The number of nitrogens with zero attached hydrogens (tertiary/aromatic N) is 1. The van der Waals surface area contributed by atoms with Gasteiger partial charge in [-0.15, -0.1) is 0 Å². The van der Waals surface area contributed by atoms with Crippen molar-refractivity contribution in [3.8, 4) is 0 Å². The van der Waals surface area contributed by atoms with Gasteiger partial charge in [-0.1, -0.05) is 29.6 Å². The monoisotopic (exact) mass is 315 g/mol. The van der Waals surface area contributed by atoms with Gasteiger partial charge in [0.1, 0.15) is 0 Å². The van der Waals surface area contributed by atoms with Crippen molar-refractivity contribution in [3.05, 3.63) is 28.2 Å². The Morgan fingerprint density at radius 3 is 2.45 bits per heavy atom. The normalized spacial score (nSPS) is 23.4. The van der Waals surface area contributed by atoms with Gasteiger partial charge in [-0.05, 0) is 44.9 Å². The fourth-order valence-electron chi connectivity index (χ4n) is 2.49. The molecule has 0 radical (unpaired) electrons. The highest BCUT2D eigenvalue weighted by molar-refractivity contribution is 6.42. The Kier molecular flexibility index (Phi) is 5.13. The molecule has 0 bridgehead atoms. The molecular formula is C14H19Cl2N3O. The number of amides is 2. The molecule has 2 rings (SSSR count). The third-order valence-corrected chi connectivity index (χ3v) is 4.34. The van der Waals surface area contributed by atoms with E-state index in [0.717, 1.165) is 12.8 Å². The van der Waals surface area contributed by atoms with Crippen molar-refractivity contribution in [1.29, 1.82) is 0 Å². The first-order valence-electron chi connectivity index (χ1n) is 6.78. The van der Waals surface area contributed by atoms with Crippen LogP contribution in [0.4, 0.5) is 10.5 Å². The zero-order valence-corrected chi connectivity index (χ0v) is 13.1. The van der Waals surface area contributed by atoms with E-state index in [9.17, 15) is 4.79 Å². The quantitative estimate of drug-likeness (QED) is 0.855. The van der Waals surface area contributed by atoms with Gasteiger partial charge >= 0.3 is 6.03 Å². The predicted molar refractivity (Wildman–Crippen MR) is 83.2 cm³/mol. The highest BCUT2D eigenvalue weighted by atomic mass is 35.5. The van der Waals surface area contributed by atoms with Gasteiger partial charge in [0.2, 0.25) is 0 Å². The third kappa shape index (κ3) is 3.78. The SMILES string of the molecule is CC1CCCC(C)N1NC(=O)Nc1ccc(Cl)c(Cl)c1. The molecule has 2 atom stereocenters. The average molecular weight is 316 g/mol. The molecule has 1 aromatic carbocycles. The molecule has 2 amide bonds. The molecule has 110 valence electrons. The number of urea groups is 1. The standard InChI is InChI=1S/C14H19Cl2N3O/c1-9-4-3-5-10(2)19(9)18-14(20)17-11-6-7-12(15)13(16)8-11/h6-10H,3-5H2,1-2H3,(H2,17,18,20). The molecule has 1 aromatic rings. The number of halogens is 2. The van der Waals surface area contributed by atoms with Gasteiger partial charge in [-0.25, -0.2) is 9.80 Å². The molecule has 1 fully saturated rings. The molecule has 1 heterocycles. The topological polar surface area (TPSA) is 44.4 Å². The highest BCUT2D eigenvalue weighted by Crippen LogP contribution is 2.25. The largest absolute Gasteiger partial charge is 0.333 e. The van der Waals surface area contributed by atoms with Crippen LogP contribution in [0.5, 0.6) is 0 Å². The summed E-state index contributed by atoms with van der Waals surface area (Å²) in [5.41, 5.74) is 3.53. The summed E-state index contributed by atoms with van der Waals surface area (Å²) in [6.45, 7) is 4.24. The minimum atomic E-state index is -0.260. The molecule has 1 aliphatic heterocycles. The van der Waals surface area contributed by atoms with Crippen molar-refractivity contribution >= 4 is 34.9 Å². The lowest BCUT2D eigenvalue weighted by Crippen LogP contribution is -2.55. The van der Waals surface area contributed by atoms with Gasteiger partial charge in [0, 0.05) is 17.8 Å². The van der Waals surface area contributed by atoms with E-state index >= 15 is 0 Å². The smallest absolute Gasteiger partial charge is 0.307 e. The van der Waals surface area contributed by atoms with Gasteiger partial charge in [0.25, 0.3) is 0 Å². The average Bonchev–Trinajstić information content (AvgIpc) is 2.38. The summed E-state index contributed by atoms with van der Waals surface area (Å²) in [7, 11) is 0. The van der Waals surface area contributed by atoms with Crippen molar-refractivity contribution in [1.82, 2.24) is 10.4 Å². The lowest BCUT2D eigenvalue weighted by molar-refractivity contribution is 0.0625. The van der Waals surface area contributed by atoms with E-state index in [1.54, 1.807) is 18.2 Å². The van der Waals surface area contributed by atoms with Crippen molar-refractivity contribution in [2.45, 2.75) is 45.2 Å². The molecule has 2 unspecified atom stereocenters. The van der Waals surface area contributed by atoms with Gasteiger partial charge in [0.05, 0.1) is 10.0 Å². The van der Waals surface area contributed by atoms with Crippen LogP contribution >= 0.6 is 23.2 Å². The zero-order chi connectivity index (χ0) is 14.7. The predicted octanol–water partition coefficient (Wildman–Crippen LogP) is 4.29. The number of benzene rings is 1. The number of hydrogen-bond donors (Lipinski definition) is 2. The molecule has 0 aromatic heterocycles. The van der Waals surface area contributed by atoms with E-state index in [1.165, 1.54) is 6.42 Å². The third-order valence-electron chi connectivity index (χ3n) is 3.60. The Labute approximate surface area is 129 Å². The van der Waals surface area contributed by atoms with Crippen LogP contribution in [-0.4, -0.2) is 23.1 Å². The highest BCUT2D eigenvalue weighted by Gasteiger charge is 2.26. The Balaban J connectivity index is 1.96. The molecular weight excluding hydrogens is 297 g/mol. The number of anilines is 1. The molecule has 6 heteroatoms. The Hall–Kier alpha value is -0.970. The number of hydrogen-bond acceptors (Lipinski definition) is 2. The van der Waals surface area contributed by atoms with Crippen LogP contribution in [0, 0.1) is 0 Å². The van der Waals surface area contributed by atoms with Crippen LogP contribution in [-0.2, 0) is 0 Å². The lowest BCUT2D eigenvalue weighted by Gasteiger charge is -2.38. The molecule has 2 N–H and O–H groups in total. The molecule has 0 aliphatic carbocycles. The van der Waals surface area contributed by atoms with Crippen LogP contribution in [0.3, 0.4) is 0 Å². The number of carbonyl (C=O) groups excluding carboxylic acids is 1. The van der Waals surface area contributed by atoms with Crippen molar-refractivity contribution < 1.29 is 4.79 Å². The first kappa shape index (κ1) is 15.4. The Bertz CT molecular complexity index is 485. The van der Waals surface area contributed by atoms with E-state index in [2.05, 4.69) is 24.6 Å². The van der Waals surface area contributed by atoms with Crippen LogP contribution in [0.15, 0.2) is 18.2 Å². The van der Waals surface area contributed by atoms with E-state index in [4.69, 9.17) is 23.2 Å². The van der Waals surface area contributed by atoms with Crippen molar-refractivity contribution in [2.24, 2.45) is 0 Å². The fourth-order valence-corrected chi connectivity index (χ4v) is 2.79. The maximum atomic E-state index is 12.0. The molecule has 1 aliphatic rings. The van der Waals surface area contributed by atoms with Crippen molar-refractivity contribution in [2.75, 3.05) is 5.32 Å². The van der Waals surface area contributed by atoms with Gasteiger partial charge in [0.15, 0.2) is 0 Å². The van der Waals surface area contributed by atoms with E-state index in [-0.39, 0.29) is 6.03 Å². The van der Waals surface area contributed by atoms with Gasteiger partial charge in [-0.3, -0.25) is 5.43 Å². The minimum absolute atomic E-state index is 0.260. The van der Waals surface area contributed by atoms with Crippen LogP contribution in [0.25, 0.3) is 0 Å². The molecule has 0 saturated carbocycles. The van der Waals surface area contributed by atoms with Gasteiger partial charge < -0.3 is 5.32 Å². The molecule has 0 spiro atoms. The second-order valence-electron chi connectivity index (χ2n) is 5.23. The first-order chi connectivity index (χ1) is 9.47. The van der Waals surface area contributed by atoms with Crippen molar-refractivity contribution in [3.63, 3.8) is 0 Å². The molecule has 20 heavy (non-hydrogen) atoms. The summed E-state index contributed by atoms with van der Waals surface area (Å²) in [6, 6.07) is 5.44. The lowest BCUT2D eigenvalue weighted by atomic mass is 10.00. The summed E-state index contributed by atoms with van der Waals surface area (Å²) in [6.07, 6.45) is 3.39.